The topological polar surface area (TPSA) is 58.6 Å². The van der Waals surface area contributed by atoms with Gasteiger partial charge in [0.1, 0.15) is 5.75 Å². The summed E-state index contributed by atoms with van der Waals surface area (Å²) in [5.41, 5.74) is 2.21. The average Bonchev–Trinajstić information content (AvgIpc) is 2.57. The molecule has 0 saturated carbocycles. The molecular weight excluding hydrogens is 340 g/mol. The zero-order valence-corrected chi connectivity index (χ0v) is 15.3. The number of ether oxygens (including phenoxy) is 1. The molecule has 2 aromatic rings. The summed E-state index contributed by atoms with van der Waals surface area (Å²) in [6, 6.07) is 12.6. The van der Waals surface area contributed by atoms with Crippen LogP contribution < -0.4 is 15.0 Å². The highest BCUT2D eigenvalue weighted by Gasteiger charge is 2.18. The maximum absolute atomic E-state index is 12.2. The van der Waals surface area contributed by atoms with Gasteiger partial charge in [-0.05, 0) is 36.8 Å². The van der Waals surface area contributed by atoms with E-state index < -0.39 is 0 Å². The van der Waals surface area contributed by atoms with Gasteiger partial charge < -0.3 is 15.0 Å². The number of hydrogen-bond acceptors (Lipinski definition) is 3. The Bertz CT molecular complexity index is 777. The fraction of sp³-hybridized carbons (Fsp3) is 0.263. The number of aryl methyl sites for hydroxylation is 1. The Balaban J connectivity index is 2.10. The number of halogens is 1. The van der Waals surface area contributed by atoms with Crippen LogP contribution in [0.4, 0.5) is 11.4 Å². The fourth-order valence-corrected chi connectivity index (χ4v) is 2.63. The number of hydrogen-bond donors (Lipinski definition) is 1. The molecule has 0 spiro atoms. The second kappa shape index (κ2) is 8.53. The van der Waals surface area contributed by atoms with Crippen molar-refractivity contribution in [2.75, 3.05) is 23.9 Å². The molecule has 0 aliphatic rings. The SMILES string of the molecule is COc1ccc(C)cc1N(CCC(=O)Nc1ccccc1Cl)C(C)=O. The van der Waals surface area contributed by atoms with E-state index in [9.17, 15) is 9.59 Å². The monoisotopic (exact) mass is 360 g/mol. The highest BCUT2D eigenvalue weighted by molar-refractivity contribution is 6.33. The maximum Gasteiger partial charge on any atom is 0.226 e. The van der Waals surface area contributed by atoms with Crippen molar-refractivity contribution in [3.8, 4) is 5.75 Å². The molecule has 25 heavy (non-hydrogen) atoms. The maximum atomic E-state index is 12.2. The molecule has 0 aliphatic heterocycles. The molecule has 0 unspecified atom stereocenters. The highest BCUT2D eigenvalue weighted by atomic mass is 35.5. The van der Waals surface area contributed by atoms with Gasteiger partial charge in [-0.2, -0.15) is 0 Å². The number of rotatable bonds is 6. The number of anilines is 2. The smallest absolute Gasteiger partial charge is 0.226 e. The number of methoxy groups -OCH3 is 1. The van der Waals surface area contributed by atoms with Crippen molar-refractivity contribution in [2.24, 2.45) is 0 Å². The Morgan fingerprint density at radius 3 is 2.56 bits per heavy atom. The molecule has 0 fully saturated rings. The van der Waals surface area contributed by atoms with Crippen LogP contribution >= 0.6 is 11.6 Å². The summed E-state index contributed by atoms with van der Waals surface area (Å²) in [6.07, 6.45) is 0.141. The second-order valence-electron chi connectivity index (χ2n) is 5.62. The van der Waals surface area contributed by atoms with E-state index in [4.69, 9.17) is 16.3 Å². The molecule has 2 aromatic carbocycles. The average molecular weight is 361 g/mol. The van der Waals surface area contributed by atoms with Crippen molar-refractivity contribution >= 4 is 34.8 Å². The minimum absolute atomic E-state index is 0.141. The molecule has 132 valence electrons. The van der Waals surface area contributed by atoms with Crippen LogP contribution in [-0.2, 0) is 9.59 Å². The highest BCUT2D eigenvalue weighted by Crippen LogP contribution is 2.29. The Morgan fingerprint density at radius 2 is 1.92 bits per heavy atom. The van der Waals surface area contributed by atoms with Gasteiger partial charge in [0.05, 0.1) is 23.5 Å². The summed E-state index contributed by atoms with van der Waals surface area (Å²) in [5, 5.41) is 3.23. The van der Waals surface area contributed by atoms with E-state index in [0.717, 1.165) is 5.56 Å². The van der Waals surface area contributed by atoms with Crippen molar-refractivity contribution in [3.05, 3.63) is 53.1 Å². The molecule has 0 saturated heterocycles. The van der Waals surface area contributed by atoms with Gasteiger partial charge >= 0.3 is 0 Å². The molecule has 0 aliphatic carbocycles. The lowest BCUT2D eigenvalue weighted by atomic mass is 10.1. The molecule has 5 nitrogen and oxygen atoms in total. The quantitative estimate of drug-likeness (QED) is 0.845. The molecule has 0 radical (unpaired) electrons. The lowest BCUT2D eigenvalue weighted by Crippen LogP contribution is -2.32. The van der Waals surface area contributed by atoms with Crippen molar-refractivity contribution in [1.29, 1.82) is 0 Å². The normalized spacial score (nSPS) is 10.2. The van der Waals surface area contributed by atoms with E-state index in [1.165, 1.54) is 11.8 Å². The second-order valence-corrected chi connectivity index (χ2v) is 6.03. The third-order valence-electron chi connectivity index (χ3n) is 3.72. The molecule has 2 rings (SSSR count). The number of nitrogens with one attached hydrogen (secondary N) is 1. The van der Waals surface area contributed by atoms with E-state index in [0.29, 0.717) is 22.1 Å². The van der Waals surface area contributed by atoms with Crippen LogP contribution in [0.2, 0.25) is 5.02 Å². The van der Waals surface area contributed by atoms with Crippen LogP contribution in [0.15, 0.2) is 42.5 Å². The lowest BCUT2D eigenvalue weighted by Gasteiger charge is -2.23. The van der Waals surface area contributed by atoms with Crippen molar-refractivity contribution in [1.82, 2.24) is 0 Å². The van der Waals surface area contributed by atoms with Gasteiger partial charge in [0.25, 0.3) is 0 Å². The first kappa shape index (κ1) is 18.8. The minimum Gasteiger partial charge on any atom is -0.495 e. The molecule has 0 heterocycles. The van der Waals surface area contributed by atoms with Gasteiger partial charge in [0.15, 0.2) is 0 Å². The van der Waals surface area contributed by atoms with Gasteiger partial charge in [-0.15, -0.1) is 0 Å². The van der Waals surface area contributed by atoms with Gasteiger partial charge in [-0.1, -0.05) is 29.8 Å². The summed E-state index contributed by atoms with van der Waals surface area (Å²) in [6.45, 7) is 3.64. The molecule has 0 atom stereocenters. The number of carbonyl (C=O) groups excluding carboxylic acids is 2. The summed E-state index contributed by atoms with van der Waals surface area (Å²) < 4.78 is 5.34. The fourth-order valence-electron chi connectivity index (χ4n) is 2.45. The van der Waals surface area contributed by atoms with Crippen molar-refractivity contribution < 1.29 is 14.3 Å². The molecule has 1 N–H and O–H groups in total. The lowest BCUT2D eigenvalue weighted by molar-refractivity contribution is -0.117. The van der Waals surface area contributed by atoms with E-state index in [2.05, 4.69) is 5.32 Å². The van der Waals surface area contributed by atoms with E-state index in [-0.39, 0.29) is 24.8 Å². The number of amides is 2. The molecule has 0 bridgehead atoms. The van der Waals surface area contributed by atoms with Crippen LogP contribution in [-0.4, -0.2) is 25.5 Å². The first-order chi connectivity index (χ1) is 11.9. The van der Waals surface area contributed by atoms with Crippen LogP contribution in [0.1, 0.15) is 18.9 Å². The van der Waals surface area contributed by atoms with E-state index in [1.807, 2.05) is 25.1 Å². The Morgan fingerprint density at radius 1 is 1.20 bits per heavy atom. The summed E-state index contributed by atoms with van der Waals surface area (Å²) in [4.78, 5) is 25.8. The standard InChI is InChI=1S/C19H21ClN2O3/c1-13-8-9-18(25-3)17(12-13)22(14(2)23)11-10-19(24)21-16-7-5-4-6-15(16)20/h4-9,12H,10-11H2,1-3H3,(H,21,24). The first-order valence-electron chi connectivity index (χ1n) is 7.89. The predicted octanol–water partition coefficient (Wildman–Crippen LogP) is 4.04. The number of nitrogens with zero attached hydrogens (tertiary/aromatic N) is 1. The van der Waals surface area contributed by atoms with Crippen LogP contribution in [0, 0.1) is 6.92 Å². The van der Waals surface area contributed by atoms with Crippen LogP contribution in [0.25, 0.3) is 0 Å². The van der Waals surface area contributed by atoms with Gasteiger partial charge in [-0.3, -0.25) is 9.59 Å². The van der Waals surface area contributed by atoms with Gasteiger partial charge in [0, 0.05) is 19.9 Å². The van der Waals surface area contributed by atoms with Crippen LogP contribution in [0.5, 0.6) is 5.75 Å². The van der Waals surface area contributed by atoms with E-state index >= 15 is 0 Å². The Kier molecular flexibility index (Phi) is 6.42. The van der Waals surface area contributed by atoms with Gasteiger partial charge in [-0.25, -0.2) is 0 Å². The summed E-state index contributed by atoms with van der Waals surface area (Å²) in [5.74, 6) is 0.215. The molecular formula is C19H21ClN2O3. The summed E-state index contributed by atoms with van der Waals surface area (Å²) in [7, 11) is 1.55. The molecule has 2 amide bonds. The first-order valence-corrected chi connectivity index (χ1v) is 8.27. The minimum atomic E-state index is -0.217. The van der Waals surface area contributed by atoms with Crippen LogP contribution in [0.3, 0.4) is 0 Å². The number of benzene rings is 2. The Hall–Kier alpha value is -2.53. The molecule has 0 aromatic heterocycles. The van der Waals surface area contributed by atoms with E-state index in [1.54, 1.807) is 31.4 Å². The largest absolute Gasteiger partial charge is 0.495 e. The summed E-state index contributed by atoms with van der Waals surface area (Å²) >= 11 is 6.04. The third-order valence-corrected chi connectivity index (χ3v) is 4.05. The molecule has 6 heteroatoms. The number of carbonyl (C=O) groups is 2. The third kappa shape index (κ3) is 4.97. The van der Waals surface area contributed by atoms with Crippen molar-refractivity contribution in [3.63, 3.8) is 0 Å². The number of para-hydroxylation sites is 1. The zero-order chi connectivity index (χ0) is 18.4. The van der Waals surface area contributed by atoms with Crippen molar-refractivity contribution in [2.45, 2.75) is 20.3 Å². The Labute approximate surface area is 152 Å². The van der Waals surface area contributed by atoms with Gasteiger partial charge in [0.2, 0.25) is 11.8 Å². The zero-order valence-electron chi connectivity index (χ0n) is 14.5. The predicted molar refractivity (Wildman–Crippen MR) is 100 cm³/mol.